The number of hydrogen-bond acceptors (Lipinski definition) is 4. The number of nitrogens with zero attached hydrogens (tertiary/aromatic N) is 3. The van der Waals surface area contributed by atoms with Gasteiger partial charge < -0.3 is 0 Å². The van der Waals surface area contributed by atoms with Crippen molar-refractivity contribution in [2.24, 2.45) is 0 Å². The fourth-order valence-corrected chi connectivity index (χ4v) is 4.26. The van der Waals surface area contributed by atoms with Crippen LogP contribution in [0.2, 0.25) is 0 Å². The SMILES string of the molecule is Cc1cc(C=C2C(=O)c3ccccc3C2=O)c(C)n1-n1c(C)nc2ccccc2c1=O. The Morgan fingerprint density at radius 2 is 1.42 bits per heavy atom. The van der Waals surface area contributed by atoms with Gasteiger partial charge in [-0.15, -0.1) is 0 Å². The van der Waals surface area contributed by atoms with Crippen LogP contribution in [0.3, 0.4) is 0 Å². The van der Waals surface area contributed by atoms with Crippen molar-refractivity contribution >= 4 is 28.5 Å². The topological polar surface area (TPSA) is 74.0 Å². The predicted molar refractivity (Wildman–Crippen MR) is 119 cm³/mol. The van der Waals surface area contributed by atoms with Crippen LogP contribution in [-0.2, 0) is 0 Å². The molecule has 1 aliphatic rings. The lowest BCUT2D eigenvalue weighted by Crippen LogP contribution is -2.30. The highest BCUT2D eigenvalue weighted by atomic mass is 16.2. The number of Topliss-reactive ketones (excluding diaryl/α,β-unsaturated/α-hetero) is 2. The van der Waals surface area contributed by atoms with Crippen molar-refractivity contribution in [2.75, 3.05) is 0 Å². The Morgan fingerprint density at radius 1 is 0.806 bits per heavy atom. The maximum absolute atomic E-state index is 13.2. The van der Waals surface area contributed by atoms with E-state index in [0.29, 0.717) is 33.4 Å². The van der Waals surface area contributed by atoms with E-state index in [9.17, 15) is 14.4 Å². The van der Waals surface area contributed by atoms with Crippen molar-refractivity contribution < 1.29 is 9.59 Å². The number of hydrogen-bond donors (Lipinski definition) is 0. The van der Waals surface area contributed by atoms with E-state index in [-0.39, 0.29) is 22.7 Å². The molecular weight excluding hydrogens is 390 g/mol. The Hall–Kier alpha value is -4.06. The van der Waals surface area contributed by atoms with Crippen LogP contribution in [0.4, 0.5) is 0 Å². The first-order chi connectivity index (χ1) is 14.9. The van der Waals surface area contributed by atoms with Crippen molar-refractivity contribution in [3.05, 3.63) is 104 Å². The summed E-state index contributed by atoms with van der Waals surface area (Å²) in [6.07, 6.45) is 1.62. The normalized spacial score (nSPS) is 13.2. The van der Waals surface area contributed by atoms with Gasteiger partial charge in [-0.2, -0.15) is 4.68 Å². The van der Waals surface area contributed by atoms with Gasteiger partial charge in [0.15, 0.2) is 11.6 Å². The summed E-state index contributed by atoms with van der Waals surface area (Å²) < 4.78 is 3.31. The molecule has 6 heteroatoms. The van der Waals surface area contributed by atoms with Crippen LogP contribution in [0.1, 0.15) is 43.5 Å². The molecule has 1 aliphatic carbocycles. The Labute approximate surface area is 178 Å². The fraction of sp³-hybridized carbons (Fsp3) is 0.120. The number of benzene rings is 2. The zero-order valence-electron chi connectivity index (χ0n) is 17.3. The van der Waals surface area contributed by atoms with E-state index in [1.54, 1.807) is 48.0 Å². The first-order valence-corrected chi connectivity index (χ1v) is 9.96. The fourth-order valence-electron chi connectivity index (χ4n) is 4.26. The average molecular weight is 409 g/mol. The molecule has 0 N–H and O–H groups in total. The standard InChI is InChI=1S/C25H19N3O3/c1-14-12-17(13-21-23(29)18-8-4-5-9-19(18)24(21)30)15(2)27(14)28-16(3)26-22-11-7-6-10-20(22)25(28)31/h4-13H,1-3H3. The van der Waals surface area contributed by atoms with Crippen LogP contribution in [0, 0.1) is 20.8 Å². The quantitative estimate of drug-likeness (QED) is 0.372. The molecule has 0 unspecified atom stereocenters. The number of carbonyl (C=O) groups excluding carboxylic acids is 2. The molecule has 0 saturated heterocycles. The molecule has 0 bridgehead atoms. The molecule has 2 aromatic heterocycles. The molecule has 31 heavy (non-hydrogen) atoms. The molecule has 0 radical (unpaired) electrons. The zero-order valence-corrected chi connectivity index (χ0v) is 17.3. The van der Waals surface area contributed by atoms with Gasteiger partial charge in [-0.1, -0.05) is 36.4 Å². The molecule has 6 nitrogen and oxygen atoms in total. The van der Waals surface area contributed by atoms with Crippen LogP contribution >= 0.6 is 0 Å². The maximum Gasteiger partial charge on any atom is 0.280 e. The summed E-state index contributed by atoms with van der Waals surface area (Å²) in [5, 5.41) is 0.525. The lowest BCUT2D eigenvalue weighted by Gasteiger charge is -2.16. The lowest BCUT2D eigenvalue weighted by molar-refractivity contribution is 0.0990. The summed E-state index contributed by atoms with van der Waals surface area (Å²) in [5.41, 5.74) is 3.71. The summed E-state index contributed by atoms with van der Waals surface area (Å²) in [4.78, 5) is 43.4. The van der Waals surface area contributed by atoms with Crippen LogP contribution in [0.15, 0.2) is 65.0 Å². The molecule has 0 fully saturated rings. The molecule has 4 aromatic rings. The van der Waals surface area contributed by atoms with E-state index in [0.717, 1.165) is 11.4 Å². The summed E-state index contributed by atoms with van der Waals surface area (Å²) in [6.45, 7) is 5.52. The van der Waals surface area contributed by atoms with Crippen LogP contribution < -0.4 is 5.56 Å². The van der Waals surface area contributed by atoms with E-state index in [2.05, 4.69) is 4.98 Å². The van der Waals surface area contributed by atoms with E-state index < -0.39 is 0 Å². The first-order valence-electron chi connectivity index (χ1n) is 9.96. The Morgan fingerprint density at radius 3 is 2.10 bits per heavy atom. The summed E-state index contributed by atoms with van der Waals surface area (Å²) in [6, 6.07) is 15.9. The number of ketones is 2. The van der Waals surface area contributed by atoms with E-state index in [1.807, 2.05) is 38.1 Å². The van der Waals surface area contributed by atoms with E-state index in [1.165, 1.54) is 4.68 Å². The van der Waals surface area contributed by atoms with Gasteiger partial charge in [0.05, 0.1) is 16.5 Å². The van der Waals surface area contributed by atoms with Gasteiger partial charge in [0, 0.05) is 22.5 Å². The molecule has 0 spiro atoms. The van der Waals surface area contributed by atoms with Gasteiger partial charge >= 0.3 is 0 Å². The minimum Gasteiger partial charge on any atom is -0.288 e. The third kappa shape index (κ3) is 2.72. The van der Waals surface area contributed by atoms with Gasteiger partial charge in [0.25, 0.3) is 5.56 Å². The Kier molecular flexibility index (Phi) is 4.12. The summed E-state index contributed by atoms with van der Waals surface area (Å²) >= 11 is 0. The van der Waals surface area contributed by atoms with Gasteiger partial charge in [-0.25, -0.2) is 4.98 Å². The summed E-state index contributed by atoms with van der Waals surface area (Å²) in [5.74, 6) is 0.00220. The zero-order chi connectivity index (χ0) is 21.9. The Balaban J connectivity index is 1.69. The van der Waals surface area contributed by atoms with Gasteiger partial charge in [0.2, 0.25) is 0 Å². The molecule has 0 atom stereocenters. The van der Waals surface area contributed by atoms with Gasteiger partial charge in [-0.05, 0) is 50.6 Å². The second-order valence-electron chi connectivity index (χ2n) is 7.69. The third-order valence-corrected chi connectivity index (χ3v) is 5.75. The largest absolute Gasteiger partial charge is 0.288 e. The molecule has 0 aliphatic heterocycles. The number of carbonyl (C=O) groups is 2. The number of aromatic nitrogens is 3. The Bertz CT molecular complexity index is 1480. The van der Waals surface area contributed by atoms with Crippen molar-refractivity contribution in [1.29, 1.82) is 0 Å². The van der Waals surface area contributed by atoms with Crippen LogP contribution in [-0.4, -0.2) is 25.9 Å². The number of allylic oxidation sites excluding steroid dienone is 1. The number of rotatable bonds is 2. The molecule has 2 aromatic carbocycles. The van der Waals surface area contributed by atoms with Crippen molar-refractivity contribution in [3.8, 4) is 0 Å². The molecule has 2 heterocycles. The lowest BCUT2D eigenvalue weighted by atomic mass is 10.1. The van der Waals surface area contributed by atoms with Gasteiger partial charge in [-0.3, -0.25) is 19.1 Å². The monoisotopic (exact) mass is 409 g/mol. The highest BCUT2D eigenvalue weighted by molar-refractivity contribution is 6.41. The highest BCUT2D eigenvalue weighted by Gasteiger charge is 2.32. The molecule has 5 rings (SSSR count). The second-order valence-corrected chi connectivity index (χ2v) is 7.69. The maximum atomic E-state index is 13.2. The minimum absolute atomic E-state index is 0.141. The van der Waals surface area contributed by atoms with E-state index in [4.69, 9.17) is 0 Å². The van der Waals surface area contributed by atoms with Crippen molar-refractivity contribution in [1.82, 2.24) is 14.3 Å². The first kappa shape index (κ1) is 18.9. The number of para-hydroxylation sites is 1. The van der Waals surface area contributed by atoms with Gasteiger partial charge in [0.1, 0.15) is 5.82 Å². The number of aryl methyl sites for hydroxylation is 2. The smallest absolute Gasteiger partial charge is 0.280 e. The third-order valence-electron chi connectivity index (χ3n) is 5.75. The van der Waals surface area contributed by atoms with Crippen molar-refractivity contribution in [3.63, 3.8) is 0 Å². The molecule has 0 saturated carbocycles. The van der Waals surface area contributed by atoms with E-state index >= 15 is 0 Å². The predicted octanol–water partition coefficient (Wildman–Crippen LogP) is 3.90. The number of fused-ring (bicyclic) bond motifs is 2. The average Bonchev–Trinajstić information content (AvgIpc) is 3.17. The second kappa shape index (κ2) is 6.74. The molecule has 0 amide bonds. The van der Waals surface area contributed by atoms with Crippen LogP contribution in [0.5, 0.6) is 0 Å². The van der Waals surface area contributed by atoms with Crippen molar-refractivity contribution in [2.45, 2.75) is 20.8 Å². The minimum atomic E-state index is -0.272. The summed E-state index contributed by atoms with van der Waals surface area (Å²) in [7, 11) is 0. The molecule has 152 valence electrons. The van der Waals surface area contributed by atoms with Crippen LogP contribution in [0.25, 0.3) is 17.0 Å². The molecular formula is C25H19N3O3. The highest BCUT2D eigenvalue weighted by Crippen LogP contribution is 2.29.